The van der Waals surface area contributed by atoms with Crippen LogP contribution in [0.15, 0.2) is 55.0 Å². The number of nitrogens with zero attached hydrogens (tertiary/aromatic N) is 6. The maximum Gasteiger partial charge on any atom is 0.250 e. The number of carbonyl (C=O) groups is 1. The molecule has 8 nitrogen and oxygen atoms in total. The van der Waals surface area contributed by atoms with Crippen LogP contribution in [0.5, 0.6) is 0 Å². The zero-order chi connectivity index (χ0) is 20.9. The van der Waals surface area contributed by atoms with Crippen LogP contribution in [-0.4, -0.2) is 63.3 Å². The third kappa shape index (κ3) is 4.38. The molecule has 1 aliphatic rings. The van der Waals surface area contributed by atoms with Gasteiger partial charge in [0, 0.05) is 61.9 Å². The van der Waals surface area contributed by atoms with E-state index >= 15 is 0 Å². The summed E-state index contributed by atoms with van der Waals surface area (Å²) in [6.45, 7) is 6.64. The molecule has 1 amide bonds. The van der Waals surface area contributed by atoms with Crippen LogP contribution in [-0.2, 0) is 0 Å². The van der Waals surface area contributed by atoms with Crippen molar-refractivity contribution in [1.82, 2.24) is 24.6 Å². The Morgan fingerprint density at radius 2 is 1.90 bits per heavy atom. The SMILES string of the molecule is Cc1c(/C=C/CN2CCN(c3cccc(C(N)=O)c3)CC2)cnn1-c1ncccn1. The third-order valence-electron chi connectivity index (χ3n) is 5.32. The summed E-state index contributed by atoms with van der Waals surface area (Å²) < 4.78 is 1.75. The summed E-state index contributed by atoms with van der Waals surface area (Å²) >= 11 is 0. The highest BCUT2D eigenvalue weighted by Crippen LogP contribution is 2.18. The molecular formula is C22H25N7O. The van der Waals surface area contributed by atoms with Crippen molar-refractivity contribution >= 4 is 17.7 Å². The van der Waals surface area contributed by atoms with Crippen LogP contribution in [0.3, 0.4) is 0 Å². The molecule has 2 aromatic heterocycles. The van der Waals surface area contributed by atoms with Gasteiger partial charge in [-0.15, -0.1) is 0 Å². The van der Waals surface area contributed by atoms with E-state index < -0.39 is 5.91 Å². The first kappa shape index (κ1) is 19.8. The first-order valence-electron chi connectivity index (χ1n) is 9.97. The summed E-state index contributed by atoms with van der Waals surface area (Å²) in [5, 5.41) is 4.40. The number of carbonyl (C=O) groups excluding carboxylic acids is 1. The Bertz CT molecular complexity index is 1040. The summed E-state index contributed by atoms with van der Waals surface area (Å²) in [4.78, 5) is 24.6. The normalized spacial score (nSPS) is 15.0. The first-order valence-corrected chi connectivity index (χ1v) is 9.97. The lowest BCUT2D eigenvalue weighted by Gasteiger charge is -2.35. The summed E-state index contributed by atoms with van der Waals surface area (Å²) in [6.07, 6.45) is 9.53. The van der Waals surface area contributed by atoms with Gasteiger partial charge in [0.25, 0.3) is 5.95 Å². The monoisotopic (exact) mass is 403 g/mol. The minimum atomic E-state index is -0.391. The van der Waals surface area contributed by atoms with Gasteiger partial charge >= 0.3 is 0 Å². The van der Waals surface area contributed by atoms with E-state index in [0.29, 0.717) is 11.5 Å². The van der Waals surface area contributed by atoms with Gasteiger partial charge in [-0.2, -0.15) is 5.10 Å². The molecule has 0 unspecified atom stereocenters. The highest BCUT2D eigenvalue weighted by Gasteiger charge is 2.17. The number of amides is 1. The molecule has 30 heavy (non-hydrogen) atoms. The number of aromatic nitrogens is 4. The lowest BCUT2D eigenvalue weighted by atomic mass is 10.1. The van der Waals surface area contributed by atoms with Crippen LogP contribution in [0.1, 0.15) is 21.6 Å². The molecule has 0 aliphatic carbocycles. The van der Waals surface area contributed by atoms with E-state index in [1.54, 1.807) is 29.2 Å². The van der Waals surface area contributed by atoms with Gasteiger partial charge in [0.2, 0.25) is 5.91 Å². The molecule has 2 N–H and O–H groups in total. The van der Waals surface area contributed by atoms with Crippen LogP contribution in [0, 0.1) is 6.92 Å². The second-order valence-corrected chi connectivity index (χ2v) is 7.25. The molecule has 4 rings (SSSR count). The van der Waals surface area contributed by atoms with Crippen molar-refractivity contribution in [3.05, 3.63) is 71.8 Å². The zero-order valence-electron chi connectivity index (χ0n) is 17.0. The minimum Gasteiger partial charge on any atom is -0.369 e. The summed E-state index contributed by atoms with van der Waals surface area (Å²) in [5.41, 5.74) is 9.07. The first-order chi connectivity index (χ1) is 14.6. The van der Waals surface area contributed by atoms with Crippen molar-refractivity contribution in [2.24, 2.45) is 5.73 Å². The second kappa shape index (κ2) is 8.87. The van der Waals surface area contributed by atoms with Crippen molar-refractivity contribution in [2.75, 3.05) is 37.6 Å². The lowest BCUT2D eigenvalue weighted by molar-refractivity contribution is 0.100. The largest absolute Gasteiger partial charge is 0.369 e. The quantitative estimate of drug-likeness (QED) is 0.676. The minimum absolute atomic E-state index is 0.391. The van der Waals surface area contributed by atoms with Gasteiger partial charge in [0.05, 0.1) is 11.9 Å². The Morgan fingerprint density at radius 3 is 2.63 bits per heavy atom. The van der Waals surface area contributed by atoms with Gasteiger partial charge < -0.3 is 10.6 Å². The van der Waals surface area contributed by atoms with E-state index in [9.17, 15) is 4.79 Å². The average Bonchev–Trinajstić information content (AvgIpc) is 3.15. The molecule has 0 bridgehead atoms. The van der Waals surface area contributed by atoms with Crippen molar-refractivity contribution in [1.29, 1.82) is 0 Å². The van der Waals surface area contributed by atoms with Gasteiger partial charge in [-0.05, 0) is 31.2 Å². The van der Waals surface area contributed by atoms with Gasteiger partial charge in [0.1, 0.15) is 0 Å². The van der Waals surface area contributed by atoms with E-state index in [-0.39, 0.29) is 0 Å². The fourth-order valence-corrected chi connectivity index (χ4v) is 3.56. The third-order valence-corrected chi connectivity index (χ3v) is 5.32. The predicted molar refractivity (Wildman–Crippen MR) is 117 cm³/mol. The Hall–Kier alpha value is -3.52. The van der Waals surface area contributed by atoms with Gasteiger partial charge in [-0.1, -0.05) is 18.2 Å². The Morgan fingerprint density at radius 1 is 1.13 bits per heavy atom. The molecule has 3 heterocycles. The number of anilines is 1. The molecule has 1 fully saturated rings. The molecular weight excluding hydrogens is 378 g/mol. The number of nitrogens with two attached hydrogens (primary N) is 1. The number of benzene rings is 1. The van der Waals surface area contributed by atoms with Crippen LogP contribution in [0.2, 0.25) is 0 Å². The van der Waals surface area contributed by atoms with E-state index in [4.69, 9.17) is 5.73 Å². The predicted octanol–water partition coefficient (Wildman–Crippen LogP) is 1.91. The summed E-state index contributed by atoms with van der Waals surface area (Å²) in [7, 11) is 0. The summed E-state index contributed by atoms with van der Waals surface area (Å²) in [6, 6.07) is 9.32. The second-order valence-electron chi connectivity index (χ2n) is 7.25. The van der Waals surface area contributed by atoms with Crippen LogP contribution in [0.25, 0.3) is 12.0 Å². The number of piperazine rings is 1. The van der Waals surface area contributed by atoms with E-state index in [1.165, 1.54) is 0 Å². The molecule has 1 aromatic carbocycles. The molecule has 1 saturated heterocycles. The fourth-order valence-electron chi connectivity index (χ4n) is 3.56. The zero-order valence-corrected chi connectivity index (χ0v) is 17.0. The molecule has 0 spiro atoms. The average molecular weight is 403 g/mol. The molecule has 1 aliphatic heterocycles. The number of hydrogen-bond donors (Lipinski definition) is 1. The van der Waals surface area contributed by atoms with Crippen molar-refractivity contribution < 1.29 is 4.79 Å². The number of rotatable bonds is 6. The van der Waals surface area contributed by atoms with Crippen LogP contribution in [0.4, 0.5) is 5.69 Å². The molecule has 0 atom stereocenters. The molecule has 154 valence electrons. The Balaban J connectivity index is 1.32. The van der Waals surface area contributed by atoms with E-state index in [2.05, 4.69) is 37.0 Å². The molecule has 0 radical (unpaired) electrons. The molecule has 3 aromatic rings. The highest BCUT2D eigenvalue weighted by molar-refractivity contribution is 5.93. The van der Waals surface area contributed by atoms with Crippen molar-refractivity contribution in [3.63, 3.8) is 0 Å². The van der Waals surface area contributed by atoms with Gasteiger partial charge in [0.15, 0.2) is 0 Å². The van der Waals surface area contributed by atoms with Gasteiger partial charge in [-0.3, -0.25) is 9.69 Å². The smallest absolute Gasteiger partial charge is 0.250 e. The van der Waals surface area contributed by atoms with Crippen LogP contribution < -0.4 is 10.6 Å². The number of primary amides is 1. The highest BCUT2D eigenvalue weighted by atomic mass is 16.1. The van der Waals surface area contributed by atoms with Gasteiger partial charge in [-0.25, -0.2) is 14.6 Å². The molecule has 8 heteroatoms. The van der Waals surface area contributed by atoms with E-state index in [0.717, 1.165) is 49.7 Å². The summed E-state index contributed by atoms with van der Waals surface area (Å²) in [5.74, 6) is 0.184. The maximum atomic E-state index is 11.4. The lowest BCUT2D eigenvalue weighted by Crippen LogP contribution is -2.46. The van der Waals surface area contributed by atoms with Crippen molar-refractivity contribution in [3.8, 4) is 5.95 Å². The number of hydrogen-bond acceptors (Lipinski definition) is 6. The maximum absolute atomic E-state index is 11.4. The standard InChI is InChI=1S/C22H25N7O/c1-17-19(16-26-29(17)22-24-8-4-9-25-22)6-3-10-27-11-13-28(14-12-27)20-7-2-5-18(15-20)21(23)30/h2-9,15-16H,10-14H2,1H3,(H2,23,30)/b6-3+. The molecule has 0 saturated carbocycles. The van der Waals surface area contributed by atoms with Crippen molar-refractivity contribution in [2.45, 2.75) is 6.92 Å². The Labute approximate surface area is 175 Å². The fraction of sp³-hybridized carbons (Fsp3) is 0.273. The Kier molecular flexibility index (Phi) is 5.85. The topological polar surface area (TPSA) is 93.2 Å². The van der Waals surface area contributed by atoms with Crippen LogP contribution >= 0.6 is 0 Å². The van der Waals surface area contributed by atoms with E-state index in [1.807, 2.05) is 31.3 Å².